The fraction of sp³-hybridized carbons (Fsp3) is 0.909. The van der Waals surface area contributed by atoms with Gasteiger partial charge in [0.05, 0.1) is 13.2 Å². The second-order valence-corrected chi connectivity index (χ2v) is 10.9. The number of hydrogen-bond donors (Lipinski definition) is 1. The lowest BCUT2D eigenvalue weighted by Crippen LogP contribution is -2.27. The third-order valence-electron chi connectivity index (χ3n) is 7.09. The van der Waals surface area contributed by atoms with E-state index in [1.807, 2.05) is 0 Å². The Morgan fingerprint density at radius 3 is 1.54 bits per heavy atom. The lowest BCUT2D eigenvalue weighted by atomic mass is 10.1. The normalized spacial score (nSPS) is 12.4. The van der Waals surface area contributed by atoms with Gasteiger partial charge < -0.3 is 14.6 Å². The molecule has 0 aliphatic heterocycles. The van der Waals surface area contributed by atoms with Crippen LogP contribution in [-0.2, 0) is 14.3 Å². The standard InChI is InChI=1S/C33H64O4/c1-3-5-7-9-11-13-14-15-16-17-18-19-20-22-24-26-28-33(35)37-32(30-34)31-36-29-27-25-23-21-12-10-8-6-4-2/h16-17,32,34H,3-15,18-31H2,1-2H3/b17-16-. The molecule has 0 saturated heterocycles. The van der Waals surface area contributed by atoms with Crippen molar-refractivity contribution in [3.63, 3.8) is 0 Å². The first-order valence-electron chi connectivity index (χ1n) is 16.3. The van der Waals surface area contributed by atoms with Gasteiger partial charge in [-0.2, -0.15) is 0 Å². The van der Waals surface area contributed by atoms with Crippen LogP contribution in [0, 0.1) is 0 Å². The van der Waals surface area contributed by atoms with Gasteiger partial charge in [-0.1, -0.05) is 135 Å². The van der Waals surface area contributed by atoms with E-state index in [1.54, 1.807) is 0 Å². The van der Waals surface area contributed by atoms with Crippen molar-refractivity contribution >= 4 is 5.97 Å². The van der Waals surface area contributed by atoms with Gasteiger partial charge in [-0.25, -0.2) is 0 Å². The largest absolute Gasteiger partial charge is 0.457 e. The molecule has 0 saturated carbocycles. The molecule has 0 spiro atoms. The Hall–Kier alpha value is -0.870. The Labute approximate surface area is 231 Å². The summed E-state index contributed by atoms with van der Waals surface area (Å²) < 4.78 is 11.0. The number of allylic oxidation sites excluding steroid dienone is 2. The van der Waals surface area contributed by atoms with Gasteiger partial charge in [0, 0.05) is 13.0 Å². The molecule has 1 N–H and O–H groups in total. The molecule has 4 heteroatoms. The van der Waals surface area contributed by atoms with Crippen molar-refractivity contribution in [2.45, 2.75) is 174 Å². The van der Waals surface area contributed by atoms with Crippen LogP contribution in [0.15, 0.2) is 12.2 Å². The monoisotopic (exact) mass is 524 g/mol. The van der Waals surface area contributed by atoms with Gasteiger partial charge in [-0.15, -0.1) is 0 Å². The van der Waals surface area contributed by atoms with E-state index in [0.29, 0.717) is 19.6 Å². The minimum Gasteiger partial charge on any atom is -0.457 e. The van der Waals surface area contributed by atoms with E-state index < -0.39 is 6.10 Å². The number of rotatable bonds is 30. The second kappa shape index (κ2) is 31.3. The summed E-state index contributed by atoms with van der Waals surface area (Å²) >= 11 is 0. The SMILES string of the molecule is CCCCCCCCC/C=C\CCCCCCCC(=O)OC(CO)COCCCCCCCCCCC. The summed E-state index contributed by atoms with van der Waals surface area (Å²) in [5.41, 5.74) is 0. The zero-order valence-electron chi connectivity index (χ0n) is 25.0. The molecule has 0 amide bonds. The maximum Gasteiger partial charge on any atom is 0.306 e. The van der Waals surface area contributed by atoms with Crippen LogP contribution in [0.5, 0.6) is 0 Å². The molecule has 0 aromatic heterocycles. The number of aliphatic hydroxyl groups is 1. The number of unbranched alkanes of at least 4 members (excludes halogenated alkanes) is 20. The molecule has 0 heterocycles. The van der Waals surface area contributed by atoms with Gasteiger partial charge >= 0.3 is 5.97 Å². The minimum absolute atomic E-state index is 0.171. The lowest BCUT2D eigenvalue weighted by molar-refractivity contribution is -0.154. The Morgan fingerprint density at radius 2 is 1.05 bits per heavy atom. The summed E-state index contributed by atoms with van der Waals surface area (Å²) in [7, 11) is 0. The third kappa shape index (κ3) is 29.5. The lowest BCUT2D eigenvalue weighted by Gasteiger charge is -2.15. The van der Waals surface area contributed by atoms with Crippen LogP contribution in [0.2, 0.25) is 0 Å². The van der Waals surface area contributed by atoms with E-state index in [-0.39, 0.29) is 12.6 Å². The summed E-state index contributed by atoms with van der Waals surface area (Å²) in [6.07, 6.45) is 33.8. The molecular formula is C33H64O4. The zero-order valence-corrected chi connectivity index (χ0v) is 25.0. The highest BCUT2D eigenvalue weighted by atomic mass is 16.6. The number of ether oxygens (including phenoxy) is 2. The fourth-order valence-electron chi connectivity index (χ4n) is 4.62. The Morgan fingerprint density at radius 1 is 0.622 bits per heavy atom. The first kappa shape index (κ1) is 36.1. The fourth-order valence-corrected chi connectivity index (χ4v) is 4.62. The van der Waals surface area contributed by atoms with Crippen molar-refractivity contribution < 1.29 is 19.4 Å². The Kier molecular flexibility index (Phi) is 30.6. The quantitative estimate of drug-likeness (QED) is 0.0577. The molecule has 0 rings (SSSR count). The maximum absolute atomic E-state index is 12.1. The van der Waals surface area contributed by atoms with Gasteiger partial charge in [-0.3, -0.25) is 4.79 Å². The van der Waals surface area contributed by atoms with Crippen molar-refractivity contribution in [1.82, 2.24) is 0 Å². The van der Waals surface area contributed by atoms with Crippen LogP contribution >= 0.6 is 0 Å². The number of carbonyl (C=O) groups is 1. The molecule has 1 atom stereocenters. The molecule has 0 aromatic carbocycles. The summed E-state index contributed by atoms with van der Waals surface area (Å²) in [5.74, 6) is -0.209. The third-order valence-corrected chi connectivity index (χ3v) is 7.09. The zero-order chi connectivity index (χ0) is 27.1. The molecular weight excluding hydrogens is 460 g/mol. The molecule has 220 valence electrons. The highest BCUT2D eigenvalue weighted by molar-refractivity contribution is 5.69. The van der Waals surface area contributed by atoms with E-state index in [4.69, 9.17) is 9.47 Å². The maximum atomic E-state index is 12.1. The van der Waals surface area contributed by atoms with E-state index in [0.717, 1.165) is 19.3 Å². The predicted octanol–water partition coefficient (Wildman–Crippen LogP) is 9.87. The van der Waals surface area contributed by atoms with Crippen molar-refractivity contribution in [2.75, 3.05) is 19.8 Å². The van der Waals surface area contributed by atoms with Crippen LogP contribution in [0.4, 0.5) is 0 Å². The first-order valence-corrected chi connectivity index (χ1v) is 16.3. The van der Waals surface area contributed by atoms with E-state index in [9.17, 15) is 9.90 Å². The number of hydrogen-bond acceptors (Lipinski definition) is 4. The summed E-state index contributed by atoms with van der Waals surface area (Å²) in [4.78, 5) is 12.1. The van der Waals surface area contributed by atoms with Gasteiger partial charge in [0.15, 0.2) is 0 Å². The van der Waals surface area contributed by atoms with Crippen molar-refractivity contribution in [3.05, 3.63) is 12.2 Å². The average molecular weight is 525 g/mol. The van der Waals surface area contributed by atoms with Gasteiger partial charge in [0.25, 0.3) is 0 Å². The molecule has 0 aliphatic rings. The molecule has 0 aromatic rings. The number of aliphatic hydroxyl groups excluding tert-OH is 1. The van der Waals surface area contributed by atoms with Gasteiger partial charge in [-0.05, 0) is 38.5 Å². The summed E-state index contributed by atoms with van der Waals surface area (Å²) in [6.45, 7) is 5.33. The second-order valence-electron chi connectivity index (χ2n) is 10.9. The smallest absolute Gasteiger partial charge is 0.306 e. The summed E-state index contributed by atoms with van der Waals surface area (Å²) in [5, 5.41) is 9.49. The molecule has 37 heavy (non-hydrogen) atoms. The van der Waals surface area contributed by atoms with Gasteiger partial charge in [0.1, 0.15) is 6.10 Å². The van der Waals surface area contributed by atoms with Crippen LogP contribution in [0.25, 0.3) is 0 Å². The molecule has 1 unspecified atom stereocenters. The van der Waals surface area contributed by atoms with E-state index >= 15 is 0 Å². The highest BCUT2D eigenvalue weighted by Gasteiger charge is 2.13. The topological polar surface area (TPSA) is 55.8 Å². The highest BCUT2D eigenvalue weighted by Crippen LogP contribution is 2.12. The first-order chi connectivity index (χ1) is 18.2. The Bertz CT molecular complexity index is 477. The molecule has 0 fully saturated rings. The van der Waals surface area contributed by atoms with Crippen LogP contribution in [0.3, 0.4) is 0 Å². The predicted molar refractivity (Wildman–Crippen MR) is 159 cm³/mol. The van der Waals surface area contributed by atoms with Crippen molar-refractivity contribution in [3.8, 4) is 0 Å². The Balaban J connectivity index is 3.45. The van der Waals surface area contributed by atoms with E-state index in [1.165, 1.54) is 128 Å². The molecule has 0 aliphatic carbocycles. The van der Waals surface area contributed by atoms with Crippen LogP contribution in [-0.4, -0.2) is 37.0 Å². The minimum atomic E-state index is -0.529. The van der Waals surface area contributed by atoms with Crippen LogP contribution in [0.1, 0.15) is 168 Å². The van der Waals surface area contributed by atoms with E-state index in [2.05, 4.69) is 26.0 Å². The molecule has 0 radical (unpaired) electrons. The van der Waals surface area contributed by atoms with Gasteiger partial charge in [0.2, 0.25) is 0 Å². The number of carbonyl (C=O) groups excluding carboxylic acids is 1. The molecule has 4 nitrogen and oxygen atoms in total. The average Bonchev–Trinajstić information content (AvgIpc) is 2.90. The molecule has 0 bridgehead atoms. The summed E-state index contributed by atoms with van der Waals surface area (Å²) in [6, 6.07) is 0. The number of esters is 1. The van der Waals surface area contributed by atoms with Crippen LogP contribution < -0.4 is 0 Å². The van der Waals surface area contributed by atoms with Crippen molar-refractivity contribution in [2.24, 2.45) is 0 Å². The van der Waals surface area contributed by atoms with Crippen molar-refractivity contribution in [1.29, 1.82) is 0 Å².